The van der Waals surface area contributed by atoms with Crippen LogP contribution in [0.2, 0.25) is 0 Å². The summed E-state index contributed by atoms with van der Waals surface area (Å²) in [5, 5.41) is 0.433. The molecule has 0 unspecified atom stereocenters. The van der Waals surface area contributed by atoms with E-state index < -0.39 is 12.0 Å². The topological polar surface area (TPSA) is 48.4 Å². The molecule has 5 heteroatoms. The normalized spacial score (nSPS) is 14.1. The quantitative estimate of drug-likeness (QED) is 0.539. The lowest BCUT2D eigenvalue weighted by molar-refractivity contribution is 0.147. The van der Waals surface area contributed by atoms with Gasteiger partial charge in [0.1, 0.15) is 11.3 Å². The molecule has 0 N–H and O–H groups in total. The molecule has 0 spiro atoms. The lowest BCUT2D eigenvalue weighted by Crippen LogP contribution is -2.24. The second-order valence-electron chi connectivity index (χ2n) is 6.31. The van der Waals surface area contributed by atoms with Gasteiger partial charge in [0.15, 0.2) is 11.5 Å². The van der Waals surface area contributed by atoms with E-state index in [-0.39, 0.29) is 10.9 Å². The Kier molecular flexibility index (Phi) is 2.74. The number of nitrogens with zero attached hydrogens (tertiary/aromatic N) is 1. The summed E-state index contributed by atoms with van der Waals surface area (Å²) in [6.45, 7) is 9.34. The van der Waals surface area contributed by atoms with E-state index in [0.717, 1.165) is 0 Å². The number of aromatic nitrogens is 1. The van der Waals surface area contributed by atoms with Crippen molar-refractivity contribution in [3.8, 4) is 11.5 Å². The van der Waals surface area contributed by atoms with Crippen molar-refractivity contribution < 1.29 is 18.7 Å². The lowest BCUT2D eigenvalue weighted by atomic mass is 9.84. The Hall–Kier alpha value is -2.17. The molecule has 0 aliphatic carbocycles. The fourth-order valence-corrected chi connectivity index (χ4v) is 2.52. The highest BCUT2D eigenvalue weighted by atomic mass is 19.1. The minimum atomic E-state index is -0.797. The van der Waals surface area contributed by atoms with Crippen molar-refractivity contribution in [2.75, 3.05) is 0 Å². The molecule has 2 aromatic rings. The predicted octanol–water partition coefficient (Wildman–Crippen LogP) is 4.18. The molecule has 0 atom stereocenters. The molecule has 1 aliphatic heterocycles. The Labute approximate surface area is 121 Å². The Morgan fingerprint density at radius 2 is 1.76 bits per heavy atom. The second-order valence-corrected chi connectivity index (χ2v) is 6.31. The Bertz CT molecular complexity index is 791. The number of carbonyl (C=O) groups excluding carboxylic acids is 1. The van der Waals surface area contributed by atoms with E-state index in [1.807, 2.05) is 20.8 Å². The van der Waals surface area contributed by atoms with Crippen molar-refractivity contribution in [3.63, 3.8) is 0 Å². The minimum Gasteiger partial charge on any atom is -0.394 e. The van der Waals surface area contributed by atoms with Gasteiger partial charge in [-0.25, -0.2) is 14.2 Å². The summed E-state index contributed by atoms with van der Waals surface area (Å²) in [5.74, 6) is 0.249. The molecular weight excluding hydrogens is 273 g/mol. The van der Waals surface area contributed by atoms with Gasteiger partial charge in [-0.2, -0.15) is 0 Å². The van der Waals surface area contributed by atoms with Gasteiger partial charge in [0.25, 0.3) is 0 Å². The number of halogens is 1. The van der Waals surface area contributed by atoms with Crippen molar-refractivity contribution in [2.24, 2.45) is 0 Å². The van der Waals surface area contributed by atoms with Crippen LogP contribution < -0.4 is 9.47 Å². The molecule has 0 fully saturated rings. The van der Waals surface area contributed by atoms with E-state index in [2.05, 4.69) is 4.98 Å². The second kappa shape index (κ2) is 4.16. The first-order valence-corrected chi connectivity index (χ1v) is 6.73. The van der Waals surface area contributed by atoms with Gasteiger partial charge in [0.2, 0.25) is 0 Å². The van der Waals surface area contributed by atoms with Crippen LogP contribution in [0.3, 0.4) is 0 Å². The average Bonchev–Trinajstić information content (AvgIpc) is 2.37. The van der Waals surface area contributed by atoms with Crippen LogP contribution in [0.25, 0.3) is 10.9 Å². The largest absolute Gasteiger partial charge is 0.519 e. The number of aryl methyl sites for hydroxylation is 1. The molecule has 2 heterocycles. The van der Waals surface area contributed by atoms with E-state index >= 15 is 0 Å². The van der Waals surface area contributed by atoms with Gasteiger partial charge in [-0.1, -0.05) is 20.8 Å². The molecular formula is C16H16FNO3. The third-order valence-electron chi connectivity index (χ3n) is 3.77. The molecule has 1 aromatic heterocycles. The van der Waals surface area contributed by atoms with Gasteiger partial charge >= 0.3 is 6.16 Å². The van der Waals surface area contributed by atoms with E-state index in [1.165, 1.54) is 6.07 Å². The summed E-state index contributed by atoms with van der Waals surface area (Å²) in [4.78, 5) is 16.0. The highest BCUT2D eigenvalue weighted by molar-refractivity contribution is 5.99. The van der Waals surface area contributed by atoms with E-state index in [0.29, 0.717) is 33.7 Å². The molecule has 4 nitrogen and oxygen atoms in total. The summed E-state index contributed by atoms with van der Waals surface area (Å²) in [7, 11) is 0. The Balaban J connectivity index is 2.54. The van der Waals surface area contributed by atoms with Crippen molar-refractivity contribution in [1.82, 2.24) is 4.98 Å². The van der Waals surface area contributed by atoms with Gasteiger partial charge < -0.3 is 9.47 Å². The summed E-state index contributed by atoms with van der Waals surface area (Å²) in [5.41, 5.74) is 1.75. The maximum atomic E-state index is 14.4. The van der Waals surface area contributed by atoms with Gasteiger partial charge in [0.05, 0.1) is 5.39 Å². The van der Waals surface area contributed by atoms with Crippen molar-refractivity contribution in [3.05, 3.63) is 28.7 Å². The fraction of sp³-hybridized carbons (Fsp3) is 0.375. The molecule has 21 heavy (non-hydrogen) atoms. The monoisotopic (exact) mass is 289 g/mol. The number of pyridine rings is 1. The molecule has 0 bridgehead atoms. The first-order valence-electron chi connectivity index (χ1n) is 6.73. The summed E-state index contributed by atoms with van der Waals surface area (Å²) in [6.07, 6.45) is -0.797. The highest BCUT2D eigenvalue weighted by Crippen LogP contribution is 2.46. The Morgan fingerprint density at radius 3 is 2.38 bits per heavy atom. The van der Waals surface area contributed by atoms with Crippen LogP contribution in [0.15, 0.2) is 6.07 Å². The summed E-state index contributed by atoms with van der Waals surface area (Å²) < 4.78 is 24.9. The maximum Gasteiger partial charge on any atom is 0.519 e. The van der Waals surface area contributed by atoms with Gasteiger partial charge in [-0.05, 0) is 25.3 Å². The number of rotatable bonds is 0. The van der Waals surface area contributed by atoms with Crippen molar-refractivity contribution in [2.45, 2.75) is 40.0 Å². The van der Waals surface area contributed by atoms with Crippen LogP contribution in [0.4, 0.5) is 9.18 Å². The third kappa shape index (κ3) is 1.95. The molecule has 0 saturated heterocycles. The first kappa shape index (κ1) is 13.8. The predicted molar refractivity (Wildman–Crippen MR) is 76.5 cm³/mol. The first-order chi connectivity index (χ1) is 9.70. The standard InChI is InChI=1S/C16H16FNO3/c1-7-8(2)18-12-10(17)6-9(16(3,4)5)14-11(12)13(7)20-15(19)21-14/h6H,1-5H3. The zero-order chi connectivity index (χ0) is 15.5. The number of ether oxygens (including phenoxy) is 2. The molecule has 1 aromatic carbocycles. The SMILES string of the molecule is Cc1nc2c(F)cc(C(C)(C)C)c3c2c(c1C)OC(=O)O3. The lowest BCUT2D eigenvalue weighted by Gasteiger charge is -2.27. The third-order valence-corrected chi connectivity index (χ3v) is 3.77. The average molecular weight is 289 g/mol. The van der Waals surface area contributed by atoms with Crippen LogP contribution >= 0.6 is 0 Å². The molecule has 0 saturated carbocycles. The van der Waals surface area contributed by atoms with Crippen LogP contribution in [-0.4, -0.2) is 11.1 Å². The maximum absolute atomic E-state index is 14.4. The summed E-state index contributed by atoms with van der Waals surface area (Å²) in [6, 6.07) is 1.39. The minimum absolute atomic E-state index is 0.170. The van der Waals surface area contributed by atoms with E-state index in [1.54, 1.807) is 13.8 Å². The fourth-order valence-electron chi connectivity index (χ4n) is 2.52. The van der Waals surface area contributed by atoms with E-state index in [9.17, 15) is 9.18 Å². The number of benzene rings is 1. The van der Waals surface area contributed by atoms with Gasteiger partial charge in [0, 0.05) is 16.8 Å². The molecule has 110 valence electrons. The molecule has 1 aliphatic rings. The van der Waals surface area contributed by atoms with Crippen LogP contribution in [0, 0.1) is 19.7 Å². The number of hydrogen-bond donors (Lipinski definition) is 0. The molecule has 3 rings (SSSR count). The highest BCUT2D eigenvalue weighted by Gasteiger charge is 2.32. The van der Waals surface area contributed by atoms with Gasteiger partial charge in [-0.15, -0.1) is 0 Å². The molecule has 0 amide bonds. The van der Waals surface area contributed by atoms with Crippen molar-refractivity contribution in [1.29, 1.82) is 0 Å². The van der Waals surface area contributed by atoms with E-state index in [4.69, 9.17) is 9.47 Å². The summed E-state index contributed by atoms with van der Waals surface area (Å²) >= 11 is 0. The van der Waals surface area contributed by atoms with Crippen LogP contribution in [-0.2, 0) is 5.41 Å². The van der Waals surface area contributed by atoms with Crippen LogP contribution in [0.1, 0.15) is 37.6 Å². The molecule has 0 radical (unpaired) electrons. The van der Waals surface area contributed by atoms with Crippen LogP contribution in [0.5, 0.6) is 11.5 Å². The number of carbonyl (C=O) groups is 1. The Morgan fingerprint density at radius 1 is 1.14 bits per heavy atom. The smallest absolute Gasteiger partial charge is 0.394 e. The van der Waals surface area contributed by atoms with Gasteiger partial charge in [-0.3, -0.25) is 0 Å². The zero-order valence-electron chi connectivity index (χ0n) is 12.6. The number of hydrogen-bond acceptors (Lipinski definition) is 4. The van der Waals surface area contributed by atoms with Crippen molar-refractivity contribution >= 4 is 17.1 Å². The zero-order valence-corrected chi connectivity index (χ0v) is 12.6.